The third-order valence-electron chi connectivity index (χ3n) is 4.72. The van der Waals surface area contributed by atoms with Crippen LogP contribution in [-0.2, 0) is 6.42 Å². The van der Waals surface area contributed by atoms with Crippen LogP contribution in [0.25, 0.3) is 27.7 Å². The summed E-state index contributed by atoms with van der Waals surface area (Å²) in [5, 5.41) is 6.31. The highest BCUT2D eigenvalue weighted by Gasteiger charge is 2.09. The van der Waals surface area contributed by atoms with Gasteiger partial charge in [0, 0.05) is 10.4 Å². The molecular weight excluding hydrogens is 347 g/mol. The van der Waals surface area contributed by atoms with E-state index < -0.39 is 0 Å². The Hall–Kier alpha value is -2.65. The Balaban J connectivity index is 1.78. The zero-order valence-electron chi connectivity index (χ0n) is 14.6. The molecule has 1 aromatic heterocycles. The third-order valence-corrected chi connectivity index (χ3v) is 5.07. The second-order valence-electron chi connectivity index (χ2n) is 6.42. The Kier molecular flexibility index (Phi) is 4.25. The summed E-state index contributed by atoms with van der Waals surface area (Å²) in [4.78, 5) is 0. The van der Waals surface area contributed by atoms with E-state index in [0.717, 1.165) is 44.7 Å². The van der Waals surface area contributed by atoms with Gasteiger partial charge in [-0.15, -0.1) is 0 Å². The molecule has 0 atom stereocenters. The summed E-state index contributed by atoms with van der Waals surface area (Å²) in [6, 6.07) is 17.4. The van der Waals surface area contributed by atoms with E-state index >= 15 is 0 Å². The van der Waals surface area contributed by atoms with Crippen molar-refractivity contribution < 1.29 is 4.39 Å². The van der Waals surface area contributed by atoms with Gasteiger partial charge in [-0.25, -0.2) is 9.07 Å². The Morgan fingerprint density at radius 3 is 2.50 bits per heavy atom. The maximum absolute atomic E-state index is 13.5. The summed E-state index contributed by atoms with van der Waals surface area (Å²) in [6.07, 6.45) is 2.75. The van der Waals surface area contributed by atoms with Gasteiger partial charge in [0.1, 0.15) is 5.82 Å². The minimum absolute atomic E-state index is 0.208. The highest BCUT2D eigenvalue weighted by atomic mass is 35.5. The molecule has 0 N–H and O–H groups in total. The van der Waals surface area contributed by atoms with Crippen LogP contribution in [0.1, 0.15) is 18.1 Å². The van der Waals surface area contributed by atoms with Crippen LogP contribution in [0, 0.1) is 12.7 Å². The molecule has 0 aliphatic rings. The van der Waals surface area contributed by atoms with Gasteiger partial charge in [0.15, 0.2) is 0 Å². The fourth-order valence-corrected chi connectivity index (χ4v) is 3.51. The minimum Gasteiger partial charge on any atom is -0.233 e. The third kappa shape index (κ3) is 2.89. The number of rotatable bonds is 3. The van der Waals surface area contributed by atoms with E-state index in [9.17, 15) is 4.39 Å². The largest absolute Gasteiger partial charge is 0.233 e. The van der Waals surface area contributed by atoms with Crippen molar-refractivity contribution in [1.82, 2.24) is 9.78 Å². The Bertz CT molecular complexity index is 1110. The summed E-state index contributed by atoms with van der Waals surface area (Å²) in [5.74, 6) is -0.208. The normalized spacial score (nSPS) is 11.2. The Morgan fingerprint density at radius 1 is 1.00 bits per heavy atom. The van der Waals surface area contributed by atoms with Crippen LogP contribution in [0.2, 0.25) is 5.02 Å². The molecule has 0 fully saturated rings. The van der Waals surface area contributed by atoms with Crippen molar-refractivity contribution in [3.8, 4) is 16.8 Å². The number of halogens is 2. The van der Waals surface area contributed by atoms with Crippen LogP contribution in [0.5, 0.6) is 0 Å². The molecular formula is C22H18ClFN2. The summed E-state index contributed by atoms with van der Waals surface area (Å²) in [5.41, 5.74) is 5.76. The summed E-state index contributed by atoms with van der Waals surface area (Å²) < 4.78 is 15.4. The lowest BCUT2D eigenvalue weighted by Crippen LogP contribution is -1.97. The van der Waals surface area contributed by atoms with Crippen molar-refractivity contribution in [3.63, 3.8) is 0 Å². The first-order chi connectivity index (χ1) is 12.6. The zero-order valence-corrected chi connectivity index (χ0v) is 15.4. The average Bonchev–Trinajstić information content (AvgIpc) is 3.07. The lowest BCUT2D eigenvalue weighted by Gasteiger charge is -2.08. The molecule has 0 spiro atoms. The van der Waals surface area contributed by atoms with Crippen molar-refractivity contribution in [1.29, 1.82) is 0 Å². The molecule has 4 rings (SSSR count). The molecule has 0 amide bonds. The first-order valence-electron chi connectivity index (χ1n) is 8.60. The first kappa shape index (κ1) is 16.8. The molecule has 0 bridgehead atoms. The maximum Gasteiger partial charge on any atom is 0.126 e. The molecule has 0 saturated heterocycles. The van der Waals surface area contributed by atoms with Crippen LogP contribution in [0.4, 0.5) is 4.39 Å². The monoisotopic (exact) mass is 364 g/mol. The van der Waals surface area contributed by atoms with Crippen molar-refractivity contribution in [2.24, 2.45) is 0 Å². The van der Waals surface area contributed by atoms with Crippen LogP contribution in [0.15, 0.2) is 60.8 Å². The molecule has 2 nitrogen and oxygen atoms in total. The molecule has 0 radical (unpaired) electrons. The molecule has 4 aromatic rings. The number of nitrogens with zero attached hydrogens (tertiary/aromatic N) is 2. The van der Waals surface area contributed by atoms with Gasteiger partial charge in [0.2, 0.25) is 0 Å². The number of aryl methyl sites for hydroxylation is 2. The molecule has 0 unspecified atom stereocenters. The van der Waals surface area contributed by atoms with Gasteiger partial charge in [0.05, 0.1) is 17.4 Å². The van der Waals surface area contributed by atoms with Crippen molar-refractivity contribution in [2.75, 3.05) is 0 Å². The fraction of sp³-hybridized carbons (Fsp3) is 0.136. The van der Waals surface area contributed by atoms with E-state index in [2.05, 4.69) is 36.3 Å². The van der Waals surface area contributed by atoms with Gasteiger partial charge < -0.3 is 0 Å². The number of fused-ring (bicyclic) bond motifs is 1. The number of hydrogen-bond donors (Lipinski definition) is 0. The smallest absolute Gasteiger partial charge is 0.126 e. The van der Waals surface area contributed by atoms with Crippen LogP contribution in [-0.4, -0.2) is 9.78 Å². The second-order valence-corrected chi connectivity index (χ2v) is 6.83. The van der Waals surface area contributed by atoms with Gasteiger partial charge in [-0.3, -0.25) is 0 Å². The summed E-state index contributed by atoms with van der Waals surface area (Å²) in [7, 11) is 0. The number of aromatic nitrogens is 2. The van der Waals surface area contributed by atoms with Crippen LogP contribution in [0.3, 0.4) is 0 Å². The number of benzene rings is 3. The van der Waals surface area contributed by atoms with Crippen LogP contribution >= 0.6 is 11.6 Å². The SMILES string of the molecule is CCc1ccc(-c2ccc3c(cnn3-c3ccc(F)c(C)c3)c2)cc1Cl. The molecule has 0 aliphatic carbocycles. The van der Waals surface area contributed by atoms with E-state index in [1.807, 2.05) is 23.0 Å². The van der Waals surface area contributed by atoms with Crippen molar-refractivity contribution in [3.05, 3.63) is 82.8 Å². The highest BCUT2D eigenvalue weighted by molar-refractivity contribution is 6.31. The van der Waals surface area contributed by atoms with Gasteiger partial charge in [-0.1, -0.05) is 36.7 Å². The fourth-order valence-electron chi connectivity index (χ4n) is 3.19. The number of hydrogen-bond acceptors (Lipinski definition) is 1. The average molecular weight is 365 g/mol. The molecule has 4 heteroatoms. The molecule has 0 aliphatic heterocycles. The first-order valence-corrected chi connectivity index (χ1v) is 8.97. The maximum atomic E-state index is 13.5. The van der Waals surface area contributed by atoms with E-state index in [0.29, 0.717) is 5.56 Å². The topological polar surface area (TPSA) is 17.8 Å². The lowest BCUT2D eigenvalue weighted by molar-refractivity contribution is 0.617. The Morgan fingerprint density at radius 2 is 1.77 bits per heavy atom. The van der Waals surface area contributed by atoms with E-state index in [4.69, 9.17) is 11.6 Å². The van der Waals surface area contributed by atoms with Gasteiger partial charge in [0.25, 0.3) is 0 Å². The van der Waals surface area contributed by atoms with E-state index in [1.165, 1.54) is 6.07 Å². The van der Waals surface area contributed by atoms with Crippen molar-refractivity contribution in [2.45, 2.75) is 20.3 Å². The van der Waals surface area contributed by atoms with Crippen molar-refractivity contribution >= 4 is 22.5 Å². The summed E-state index contributed by atoms with van der Waals surface area (Å²) in [6.45, 7) is 3.85. The van der Waals surface area contributed by atoms with Gasteiger partial charge in [-0.2, -0.15) is 5.10 Å². The second kappa shape index (κ2) is 6.58. The van der Waals surface area contributed by atoms with E-state index in [1.54, 1.807) is 19.1 Å². The zero-order chi connectivity index (χ0) is 18.3. The predicted octanol–water partition coefficient (Wildman–Crippen LogP) is 6.36. The lowest BCUT2D eigenvalue weighted by atomic mass is 10.0. The predicted molar refractivity (Wildman–Crippen MR) is 106 cm³/mol. The molecule has 3 aromatic carbocycles. The Labute approximate surface area is 156 Å². The quantitative estimate of drug-likeness (QED) is 0.413. The highest BCUT2D eigenvalue weighted by Crippen LogP contribution is 2.29. The molecule has 0 saturated carbocycles. The minimum atomic E-state index is -0.208. The van der Waals surface area contributed by atoms with Crippen LogP contribution < -0.4 is 0 Å². The molecule has 1 heterocycles. The van der Waals surface area contributed by atoms with Gasteiger partial charge >= 0.3 is 0 Å². The van der Waals surface area contributed by atoms with Gasteiger partial charge in [-0.05, 0) is 72.0 Å². The van der Waals surface area contributed by atoms with E-state index in [-0.39, 0.29) is 5.82 Å². The standard InChI is InChI=1S/C22H18ClFN2/c1-3-15-4-5-17(12-20(15)23)16-6-9-22-18(11-16)13-25-26(22)19-7-8-21(24)14(2)10-19/h4-13H,3H2,1-2H3. The summed E-state index contributed by atoms with van der Waals surface area (Å²) >= 11 is 6.36. The molecule has 26 heavy (non-hydrogen) atoms. The molecule has 130 valence electrons.